The van der Waals surface area contributed by atoms with Gasteiger partial charge in [0.05, 0.1) is 34.4 Å². The van der Waals surface area contributed by atoms with E-state index in [1.165, 1.54) is 24.2 Å². The van der Waals surface area contributed by atoms with Crippen molar-refractivity contribution in [1.82, 2.24) is 14.5 Å². The van der Waals surface area contributed by atoms with Gasteiger partial charge in [-0.2, -0.15) is 0 Å². The van der Waals surface area contributed by atoms with Crippen LogP contribution in [-0.2, 0) is 0 Å². The van der Waals surface area contributed by atoms with Crippen molar-refractivity contribution in [3.8, 4) is 21.3 Å². The number of aromatic nitrogens is 3. The maximum absolute atomic E-state index is 10.9. The molecule has 4 rings (SSSR count). The van der Waals surface area contributed by atoms with Gasteiger partial charge in [0, 0.05) is 16.8 Å². The Balaban J connectivity index is 1.68. The lowest BCUT2D eigenvalue weighted by atomic mass is 10.3. The lowest BCUT2D eigenvalue weighted by Crippen LogP contribution is -1.94. The summed E-state index contributed by atoms with van der Waals surface area (Å²) in [6, 6.07) is 2.24. The number of carboxylic acid groups (broad SMARTS) is 1. The normalized spacial score (nSPS) is 14.5. The van der Waals surface area contributed by atoms with Crippen LogP contribution in [0.5, 0.6) is 0 Å². The summed E-state index contributed by atoms with van der Waals surface area (Å²) >= 11 is 2.97. The highest BCUT2D eigenvalue weighted by atomic mass is 32.1. The highest BCUT2D eigenvalue weighted by Crippen LogP contribution is 2.39. The molecule has 0 atom stereocenters. The van der Waals surface area contributed by atoms with Crippen LogP contribution in [0.3, 0.4) is 0 Å². The third-order valence-electron chi connectivity index (χ3n) is 3.43. The number of nitrogens with zero attached hydrogens (tertiary/aromatic N) is 3. The van der Waals surface area contributed by atoms with Crippen LogP contribution in [-0.4, -0.2) is 25.6 Å². The van der Waals surface area contributed by atoms with E-state index in [2.05, 4.69) is 14.5 Å². The van der Waals surface area contributed by atoms with E-state index >= 15 is 0 Å². The Morgan fingerprint density at radius 2 is 2.19 bits per heavy atom. The van der Waals surface area contributed by atoms with Crippen molar-refractivity contribution in [1.29, 1.82) is 0 Å². The van der Waals surface area contributed by atoms with Gasteiger partial charge in [0.15, 0.2) is 0 Å². The second-order valence-corrected chi connectivity index (χ2v) is 6.73. The predicted octanol–water partition coefficient (Wildman–Crippen LogP) is 3.77. The van der Waals surface area contributed by atoms with Crippen molar-refractivity contribution < 1.29 is 9.90 Å². The number of hydrogen-bond acceptors (Lipinski definition) is 5. The quantitative estimate of drug-likeness (QED) is 0.795. The standard InChI is InChI=1S/C14H11N3O2S2/c18-14(19)8-3-12(20-5-8)10-6-21-13(16-10)11-4-15-7-17(11)9-1-2-9/h3-7,9H,1-2H2,(H,18,19). The number of imidazole rings is 1. The number of rotatable bonds is 4. The average molecular weight is 317 g/mol. The molecular weight excluding hydrogens is 306 g/mol. The summed E-state index contributed by atoms with van der Waals surface area (Å²) in [5.74, 6) is -0.903. The number of carbonyl (C=O) groups is 1. The van der Waals surface area contributed by atoms with E-state index in [0.29, 0.717) is 11.6 Å². The Labute approximate surface area is 128 Å². The van der Waals surface area contributed by atoms with Crippen molar-refractivity contribution in [3.63, 3.8) is 0 Å². The third-order valence-corrected chi connectivity index (χ3v) is 5.25. The molecule has 3 aromatic heterocycles. The van der Waals surface area contributed by atoms with Gasteiger partial charge in [-0.3, -0.25) is 0 Å². The van der Waals surface area contributed by atoms with E-state index in [-0.39, 0.29) is 0 Å². The molecule has 1 fully saturated rings. The fraction of sp³-hybridized carbons (Fsp3) is 0.214. The van der Waals surface area contributed by atoms with Gasteiger partial charge in [0.1, 0.15) is 5.01 Å². The molecule has 0 aliphatic heterocycles. The molecule has 3 heterocycles. The van der Waals surface area contributed by atoms with Crippen LogP contribution >= 0.6 is 22.7 Å². The summed E-state index contributed by atoms with van der Waals surface area (Å²) in [5, 5.41) is 13.5. The van der Waals surface area contributed by atoms with E-state index in [1.54, 1.807) is 22.8 Å². The van der Waals surface area contributed by atoms with Crippen molar-refractivity contribution >= 4 is 28.6 Å². The lowest BCUT2D eigenvalue weighted by Gasteiger charge is -2.02. The maximum Gasteiger partial charge on any atom is 0.336 e. The lowest BCUT2D eigenvalue weighted by molar-refractivity contribution is 0.0697. The monoisotopic (exact) mass is 317 g/mol. The Kier molecular flexibility index (Phi) is 2.90. The fourth-order valence-corrected chi connectivity index (χ4v) is 3.95. The minimum absolute atomic E-state index is 0.313. The molecule has 0 unspecified atom stereocenters. The van der Waals surface area contributed by atoms with Gasteiger partial charge >= 0.3 is 5.97 Å². The van der Waals surface area contributed by atoms with Crippen molar-refractivity contribution in [2.75, 3.05) is 0 Å². The first-order valence-corrected chi connectivity index (χ1v) is 8.28. The second-order valence-electron chi connectivity index (χ2n) is 4.96. The molecule has 106 valence electrons. The number of thiazole rings is 1. The van der Waals surface area contributed by atoms with Gasteiger partial charge < -0.3 is 9.67 Å². The second kappa shape index (κ2) is 4.78. The zero-order valence-corrected chi connectivity index (χ0v) is 12.5. The molecule has 7 heteroatoms. The minimum Gasteiger partial charge on any atom is -0.478 e. The first-order valence-electron chi connectivity index (χ1n) is 6.52. The molecular formula is C14H11N3O2S2. The zero-order chi connectivity index (χ0) is 14.4. The molecule has 0 amide bonds. The van der Waals surface area contributed by atoms with Crippen LogP contribution in [0.15, 0.2) is 29.4 Å². The first-order chi connectivity index (χ1) is 10.2. The topological polar surface area (TPSA) is 68.0 Å². The molecule has 0 bridgehead atoms. The van der Waals surface area contributed by atoms with E-state index in [9.17, 15) is 4.79 Å². The summed E-state index contributed by atoms with van der Waals surface area (Å²) in [6.45, 7) is 0. The Hall–Kier alpha value is -1.99. The molecule has 21 heavy (non-hydrogen) atoms. The van der Waals surface area contributed by atoms with E-state index in [0.717, 1.165) is 21.3 Å². The highest BCUT2D eigenvalue weighted by Gasteiger charge is 2.26. The van der Waals surface area contributed by atoms with Gasteiger partial charge in [-0.05, 0) is 18.9 Å². The van der Waals surface area contributed by atoms with Crippen LogP contribution in [0.4, 0.5) is 0 Å². The summed E-state index contributed by atoms with van der Waals surface area (Å²) in [6.07, 6.45) is 6.11. The van der Waals surface area contributed by atoms with Crippen LogP contribution in [0.2, 0.25) is 0 Å². The van der Waals surface area contributed by atoms with Gasteiger partial charge in [0.25, 0.3) is 0 Å². The van der Waals surface area contributed by atoms with Gasteiger partial charge in [-0.1, -0.05) is 0 Å². The Bertz CT molecular complexity index is 814. The number of thiophene rings is 1. The molecule has 1 saturated carbocycles. The smallest absolute Gasteiger partial charge is 0.336 e. The Morgan fingerprint density at radius 1 is 1.33 bits per heavy atom. The average Bonchev–Trinajstić information content (AvgIpc) is 2.95. The van der Waals surface area contributed by atoms with Crippen LogP contribution in [0, 0.1) is 0 Å². The number of hydrogen-bond donors (Lipinski definition) is 1. The summed E-state index contributed by atoms with van der Waals surface area (Å²) in [4.78, 5) is 20.7. The molecule has 0 aromatic carbocycles. The molecule has 0 radical (unpaired) electrons. The van der Waals surface area contributed by atoms with Gasteiger partial charge in [-0.25, -0.2) is 14.8 Å². The molecule has 0 saturated heterocycles. The van der Waals surface area contributed by atoms with Crippen molar-refractivity contribution in [2.24, 2.45) is 0 Å². The van der Waals surface area contributed by atoms with E-state index < -0.39 is 5.97 Å². The molecule has 5 nitrogen and oxygen atoms in total. The predicted molar refractivity (Wildman–Crippen MR) is 81.9 cm³/mol. The summed E-state index contributed by atoms with van der Waals surface area (Å²) in [5.41, 5.74) is 2.19. The van der Waals surface area contributed by atoms with E-state index in [1.807, 2.05) is 17.9 Å². The first kappa shape index (κ1) is 12.7. The fourth-order valence-electron chi connectivity index (χ4n) is 2.20. The van der Waals surface area contributed by atoms with Gasteiger partial charge in [0.2, 0.25) is 0 Å². The number of aromatic carboxylic acids is 1. The molecule has 1 aliphatic rings. The van der Waals surface area contributed by atoms with Crippen LogP contribution < -0.4 is 0 Å². The molecule has 3 aromatic rings. The zero-order valence-electron chi connectivity index (χ0n) is 10.9. The van der Waals surface area contributed by atoms with E-state index in [4.69, 9.17) is 5.11 Å². The highest BCUT2D eigenvalue weighted by molar-refractivity contribution is 7.15. The largest absolute Gasteiger partial charge is 0.478 e. The van der Waals surface area contributed by atoms with Crippen LogP contribution in [0.25, 0.3) is 21.3 Å². The van der Waals surface area contributed by atoms with Crippen molar-refractivity contribution in [2.45, 2.75) is 18.9 Å². The molecule has 0 spiro atoms. The van der Waals surface area contributed by atoms with Gasteiger partial charge in [-0.15, -0.1) is 22.7 Å². The number of carboxylic acids is 1. The molecule has 1 N–H and O–H groups in total. The summed E-state index contributed by atoms with van der Waals surface area (Å²) < 4.78 is 2.18. The minimum atomic E-state index is -0.903. The maximum atomic E-state index is 10.9. The Morgan fingerprint density at radius 3 is 2.90 bits per heavy atom. The SMILES string of the molecule is O=C(O)c1csc(-c2csc(-c3cncn3C3CC3)n2)c1. The van der Waals surface area contributed by atoms with Crippen LogP contribution in [0.1, 0.15) is 29.2 Å². The van der Waals surface area contributed by atoms with Crippen molar-refractivity contribution in [3.05, 3.63) is 34.9 Å². The molecule has 1 aliphatic carbocycles. The third kappa shape index (κ3) is 2.28. The summed E-state index contributed by atoms with van der Waals surface area (Å²) in [7, 11) is 0.